The van der Waals surface area contributed by atoms with Crippen molar-refractivity contribution in [2.24, 2.45) is 0 Å². The first-order valence-corrected chi connectivity index (χ1v) is 6.12. The number of aromatic amines is 1. The highest BCUT2D eigenvalue weighted by Gasteiger charge is 2.12. The number of hydrogen-bond acceptors (Lipinski definition) is 3. The standard InChI is InChI=1S/C14H14N2O3/c17-14(7-10-3-4-15-9-10)16-11-1-2-12-13(8-11)19-6-5-18-12/h1-4,8-9,15H,5-7H2,(H,16,17). The summed E-state index contributed by atoms with van der Waals surface area (Å²) in [6.07, 6.45) is 3.95. The van der Waals surface area contributed by atoms with Gasteiger partial charge in [0.1, 0.15) is 13.2 Å². The van der Waals surface area contributed by atoms with Crippen molar-refractivity contribution in [2.75, 3.05) is 18.5 Å². The quantitative estimate of drug-likeness (QED) is 0.884. The molecule has 2 heterocycles. The lowest BCUT2D eigenvalue weighted by atomic mass is 10.2. The first kappa shape index (κ1) is 11.6. The SMILES string of the molecule is O=C(Cc1cc[nH]c1)Nc1ccc2c(c1)OCCO2. The number of nitrogens with one attached hydrogen (secondary N) is 2. The van der Waals surface area contributed by atoms with Crippen LogP contribution >= 0.6 is 0 Å². The molecule has 98 valence electrons. The number of carbonyl (C=O) groups is 1. The van der Waals surface area contributed by atoms with E-state index in [1.54, 1.807) is 18.3 Å². The van der Waals surface area contributed by atoms with E-state index in [4.69, 9.17) is 9.47 Å². The van der Waals surface area contributed by atoms with Gasteiger partial charge in [-0.15, -0.1) is 0 Å². The van der Waals surface area contributed by atoms with E-state index in [0.717, 1.165) is 11.3 Å². The summed E-state index contributed by atoms with van der Waals surface area (Å²) in [5, 5.41) is 2.84. The van der Waals surface area contributed by atoms with E-state index in [-0.39, 0.29) is 5.91 Å². The summed E-state index contributed by atoms with van der Waals surface area (Å²) in [5.41, 5.74) is 1.67. The third-order valence-electron chi connectivity index (χ3n) is 2.85. The van der Waals surface area contributed by atoms with E-state index < -0.39 is 0 Å². The van der Waals surface area contributed by atoms with Crippen LogP contribution in [-0.4, -0.2) is 24.1 Å². The Labute approximate surface area is 110 Å². The first-order valence-electron chi connectivity index (χ1n) is 6.12. The molecule has 0 aliphatic carbocycles. The average molecular weight is 258 g/mol. The number of benzene rings is 1. The summed E-state index contributed by atoms with van der Waals surface area (Å²) in [7, 11) is 0. The zero-order valence-electron chi connectivity index (χ0n) is 10.3. The Morgan fingerprint density at radius 3 is 2.84 bits per heavy atom. The number of amides is 1. The first-order chi connectivity index (χ1) is 9.31. The summed E-state index contributed by atoms with van der Waals surface area (Å²) in [6.45, 7) is 1.10. The molecule has 19 heavy (non-hydrogen) atoms. The molecular weight excluding hydrogens is 244 g/mol. The van der Waals surface area contributed by atoms with Crippen molar-refractivity contribution in [2.45, 2.75) is 6.42 Å². The molecule has 1 aromatic carbocycles. The van der Waals surface area contributed by atoms with Crippen LogP contribution in [-0.2, 0) is 11.2 Å². The normalized spacial score (nSPS) is 13.1. The van der Waals surface area contributed by atoms with Gasteiger partial charge in [0.05, 0.1) is 6.42 Å². The minimum Gasteiger partial charge on any atom is -0.486 e. The number of rotatable bonds is 3. The minimum atomic E-state index is -0.0590. The highest BCUT2D eigenvalue weighted by molar-refractivity contribution is 5.92. The number of anilines is 1. The van der Waals surface area contributed by atoms with Crippen LogP contribution in [0.2, 0.25) is 0 Å². The van der Waals surface area contributed by atoms with Crippen LogP contribution in [0.3, 0.4) is 0 Å². The summed E-state index contributed by atoms with van der Waals surface area (Å²) >= 11 is 0. The van der Waals surface area contributed by atoms with E-state index in [1.165, 1.54) is 0 Å². The Morgan fingerprint density at radius 1 is 1.21 bits per heavy atom. The van der Waals surface area contributed by atoms with Crippen LogP contribution in [0.1, 0.15) is 5.56 Å². The van der Waals surface area contributed by atoms with Gasteiger partial charge in [0.2, 0.25) is 5.91 Å². The van der Waals surface area contributed by atoms with Crippen molar-refractivity contribution >= 4 is 11.6 Å². The van der Waals surface area contributed by atoms with Gasteiger partial charge in [0.25, 0.3) is 0 Å². The molecule has 0 saturated carbocycles. The monoisotopic (exact) mass is 258 g/mol. The molecule has 0 radical (unpaired) electrons. The van der Waals surface area contributed by atoms with E-state index in [9.17, 15) is 4.79 Å². The molecule has 0 bridgehead atoms. The van der Waals surface area contributed by atoms with Gasteiger partial charge in [0, 0.05) is 24.1 Å². The fraction of sp³-hybridized carbons (Fsp3) is 0.214. The van der Waals surface area contributed by atoms with Crippen LogP contribution in [0.25, 0.3) is 0 Å². The summed E-state index contributed by atoms with van der Waals surface area (Å²) < 4.78 is 10.9. The maximum Gasteiger partial charge on any atom is 0.228 e. The van der Waals surface area contributed by atoms with Crippen LogP contribution in [0, 0.1) is 0 Å². The van der Waals surface area contributed by atoms with Gasteiger partial charge in [-0.1, -0.05) is 0 Å². The van der Waals surface area contributed by atoms with Crippen molar-refractivity contribution in [3.63, 3.8) is 0 Å². The molecule has 1 aliphatic rings. The lowest BCUT2D eigenvalue weighted by Gasteiger charge is -2.18. The Bertz CT molecular complexity index is 578. The molecule has 2 N–H and O–H groups in total. The predicted octanol–water partition coefficient (Wildman–Crippen LogP) is 1.97. The maximum atomic E-state index is 11.9. The predicted molar refractivity (Wildman–Crippen MR) is 70.6 cm³/mol. The van der Waals surface area contributed by atoms with Crippen molar-refractivity contribution in [1.82, 2.24) is 4.98 Å². The van der Waals surface area contributed by atoms with E-state index in [2.05, 4.69) is 10.3 Å². The number of H-pyrrole nitrogens is 1. The van der Waals surface area contributed by atoms with Crippen LogP contribution in [0.15, 0.2) is 36.7 Å². The van der Waals surface area contributed by atoms with Crippen molar-refractivity contribution < 1.29 is 14.3 Å². The maximum absolute atomic E-state index is 11.9. The average Bonchev–Trinajstić information content (AvgIpc) is 2.91. The zero-order chi connectivity index (χ0) is 13.1. The topological polar surface area (TPSA) is 63.4 Å². The highest BCUT2D eigenvalue weighted by Crippen LogP contribution is 2.32. The van der Waals surface area contributed by atoms with Gasteiger partial charge >= 0.3 is 0 Å². The largest absolute Gasteiger partial charge is 0.486 e. The third-order valence-corrected chi connectivity index (χ3v) is 2.85. The lowest BCUT2D eigenvalue weighted by Crippen LogP contribution is -2.17. The number of ether oxygens (including phenoxy) is 2. The number of fused-ring (bicyclic) bond motifs is 1. The van der Waals surface area contributed by atoms with Crippen LogP contribution < -0.4 is 14.8 Å². The van der Waals surface area contributed by atoms with Gasteiger partial charge in [-0.05, 0) is 23.8 Å². The summed E-state index contributed by atoms with van der Waals surface area (Å²) in [4.78, 5) is 14.8. The van der Waals surface area contributed by atoms with E-state index in [0.29, 0.717) is 31.1 Å². The lowest BCUT2D eigenvalue weighted by molar-refractivity contribution is -0.115. The Balaban J connectivity index is 1.67. The zero-order valence-corrected chi connectivity index (χ0v) is 10.3. The molecule has 0 spiro atoms. The third kappa shape index (κ3) is 2.70. The number of carbonyl (C=O) groups excluding carboxylic acids is 1. The molecule has 0 saturated heterocycles. The van der Waals surface area contributed by atoms with Crippen LogP contribution in [0.4, 0.5) is 5.69 Å². The smallest absolute Gasteiger partial charge is 0.228 e. The Hall–Kier alpha value is -2.43. The van der Waals surface area contributed by atoms with Crippen LogP contribution in [0.5, 0.6) is 11.5 Å². The second-order valence-electron chi connectivity index (χ2n) is 4.30. The molecule has 1 aliphatic heterocycles. The summed E-state index contributed by atoms with van der Waals surface area (Å²) in [6, 6.07) is 7.27. The Morgan fingerprint density at radius 2 is 2.05 bits per heavy atom. The Kier molecular flexibility index (Phi) is 3.10. The molecule has 1 amide bonds. The molecule has 2 aromatic rings. The fourth-order valence-electron chi connectivity index (χ4n) is 1.98. The molecule has 0 fully saturated rings. The number of hydrogen-bond donors (Lipinski definition) is 2. The van der Waals surface area contributed by atoms with Crippen molar-refractivity contribution in [3.8, 4) is 11.5 Å². The second-order valence-corrected chi connectivity index (χ2v) is 4.30. The second kappa shape index (κ2) is 5.06. The van der Waals surface area contributed by atoms with Crippen molar-refractivity contribution in [1.29, 1.82) is 0 Å². The molecule has 5 nitrogen and oxygen atoms in total. The molecule has 1 aromatic heterocycles. The van der Waals surface area contributed by atoms with Gasteiger partial charge in [-0.2, -0.15) is 0 Å². The van der Waals surface area contributed by atoms with Gasteiger partial charge in [0.15, 0.2) is 11.5 Å². The minimum absolute atomic E-state index is 0.0590. The van der Waals surface area contributed by atoms with Gasteiger partial charge < -0.3 is 19.8 Å². The molecule has 0 unspecified atom stereocenters. The van der Waals surface area contributed by atoms with E-state index in [1.807, 2.05) is 18.3 Å². The van der Waals surface area contributed by atoms with Crippen molar-refractivity contribution in [3.05, 3.63) is 42.2 Å². The fourth-order valence-corrected chi connectivity index (χ4v) is 1.98. The molecule has 5 heteroatoms. The van der Waals surface area contributed by atoms with E-state index >= 15 is 0 Å². The summed E-state index contributed by atoms with van der Waals surface area (Å²) in [5.74, 6) is 1.33. The molecular formula is C14H14N2O3. The van der Waals surface area contributed by atoms with Gasteiger partial charge in [-0.25, -0.2) is 0 Å². The number of aromatic nitrogens is 1. The highest BCUT2D eigenvalue weighted by atomic mass is 16.6. The molecule has 3 rings (SSSR count). The van der Waals surface area contributed by atoms with Gasteiger partial charge in [-0.3, -0.25) is 4.79 Å². The molecule has 0 atom stereocenters.